The third-order valence-corrected chi connectivity index (χ3v) is 1.91. The monoisotopic (exact) mass is 201 g/mol. The summed E-state index contributed by atoms with van der Waals surface area (Å²) in [7, 11) is 0. The maximum Gasteiger partial charge on any atom is 0.254 e. The summed E-state index contributed by atoms with van der Waals surface area (Å²) in [5.41, 5.74) is 0.505. The zero-order valence-electron chi connectivity index (χ0n) is 6.91. The summed E-state index contributed by atoms with van der Waals surface area (Å²) in [6, 6.07) is 0. The van der Waals surface area contributed by atoms with E-state index in [-0.39, 0.29) is 16.9 Å². The van der Waals surface area contributed by atoms with Crippen LogP contribution in [0.3, 0.4) is 0 Å². The second-order valence-electron chi connectivity index (χ2n) is 2.52. The van der Waals surface area contributed by atoms with Gasteiger partial charge in [-0.3, -0.25) is 9.78 Å². The van der Waals surface area contributed by atoms with Crippen LogP contribution >= 0.6 is 11.6 Å². The molecule has 1 rings (SSSR count). The molecule has 0 saturated carbocycles. The molecule has 0 amide bonds. The Kier molecular flexibility index (Phi) is 2.85. The van der Waals surface area contributed by atoms with E-state index in [2.05, 4.69) is 4.98 Å². The van der Waals surface area contributed by atoms with Crippen molar-refractivity contribution in [1.29, 1.82) is 0 Å². The van der Waals surface area contributed by atoms with E-state index in [1.54, 1.807) is 6.92 Å². The van der Waals surface area contributed by atoms with Gasteiger partial charge in [-0.2, -0.15) is 0 Å². The number of aliphatic hydroxyl groups is 1. The number of halogens is 1. The Hall–Kier alpha value is -1.13. The van der Waals surface area contributed by atoms with Crippen molar-refractivity contribution >= 4 is 16.8 Å². The van der Waals surface area contributed by atoms with E-state index in [0.717, 1.165) is 0 Å². The third kappa shape index (κ3) is 1.79. The Morgan fingerprint density at radius 3 is 2.77 bits per heavy atom. The number of hydrogen-bond acceptors (Lipinski definition) is 4. The number of rotatable bonds is 2. The summed E-state index contributed by atoms with van der Waals surface area (Å²) >= 11 is 5.21. The van der Waals surface area contributed by atoms with Crippen molar-refractivity contribution in [3.8, 4) is 5.75 Å². The number of carbonyl (C=O) groups excluding carboxylic acids is 1. The molecular formula is C8H8ClNO3. The van der Waals surface area contributed by atoms with Crippen molar-refractivity contribution in [2.24, 2.45) is 0 Å². The van der Waals surface area contributed by atoms with Crippen molar-refractivity contribution in [3.05, 3.63) is 23.0 Å². The van der Waals surface area contributed by atoms with Gasteiger partial charge in [0.2, 0.25) is 0 Å². The predicted octanol–water partition coefficient (Wildman–Crippen LogP) is 0.967. The minimum atomic E-state index is -0.744. The molecule has 0 spiro atoms. The van der Waals surface area contributed by atoms with E-state index in [1.165, 1.54) is 6.20 Å². The maximum absolute atomic E-state index is 10.8. The van der Waals surface area contributed by atoms with E-state index in [4.69, 9.17) is 16.7 Å². The van der Waals surface area contributed by atoms with E-state index >= 15 is 0 Å². The van der Waals surface area contributed by atoms with Gasteiger partial charge in [-0.1, -0.05) is 0 Å². The number of nitrogens with zero attached hydrogens (tertiary/aromatic N) is 1. The molecule has 0 fully saturated rings. The molecule has 0 unspecified atom stereocenters. The molecule has 0 aliphatic carbocycles. The third-order valence-electron chi connectivity index (χ3n) is 1.71. The first kappa shape index (κ1) is 9.95. The van der Waals surface area contributed by atoms with Gasteiger partial charge < -0.3 is 10.2 Å². The number of aromatic nitrogens is 1. The summed E-state index contributed by atoms with van der Waals surface area (Å²) in [6.45, 7) is 1.12. The van der Waals surface area contributed by atoms with Gasteiger partial charge in [-0.25, -0.2) is 0 Å². The van der Waals surface area contributed by atoms with Gasteiger partial charge in [0.25, 0.3) is 5.24 Å². The van der Waals surface area contributed by atoms with Crippen LogP contribution in [0, 0.1) is 6.92 Å². The minimum Gasteiger partial charge on any atom is -0.506 e. The molecule has 0 aliphatic heterocycles. The molecule has 5 heteroatoms. The Balaban J connectivity index is 3.38. The van der Waals surface area contributed by atoms with Crippen LogP contribution in [-0.2, 0) is 6.61 Å². The highest BCUT2D eigenvalue weighted by atomic mass is 35.5. The molecule has 0 aromatic carbocycles. The van der Waals surface area contributed by atoms with E-state index in [0.29, 0.717) is 5.69 Å². The molecule has 0 bridgehead atoms. The van der Waals surface area contributed by atoms with Crippen molar-refractivity contribution < 1.29 is 15.0 Å². The summed E-state index contributed by atoms with van der Waals surface area (Å²) in [5.74, 6) is -0.186. The van der Waals surface area contributed by atoms with Crippen molar-refractivity contribution in [3.63, 3.8) is 0 Å². The van der Waals surface area contributed by atoms with E-state index in [9.17, 15) is 9.90 Å². The van der Waals surface area contributed by atoms with Gasteiger partial charge in [0.1, 0.15) is 5.75 Å². The van der Waals surface area contributed by atoms with Crippen molar-refractivity contribution in [2.75, 3.05) is 0 Å². The first-order valence-corrected chi connectivity index (χ1v) is 3.93. The summed E-state index contributed by atoms with van der Waals surface area (Å²) in [5, 5.41) is 17.5. The normalized spacial score (nSPS) is 10.1. The van der Waals surface area contributed by atoms with Gasteiger partial charge in [-0.15, -0.1) is 0 Å². The first-order chi connectivity index (χ1) is 6.07. The molecule has 2 N–H and O–H groups in total. The Bertz CT molecular complexity index is 351. The number of hydrogen-bond donors (Lipinski definition) is 2. The summed E-state index contributed by atoms with van der Waals surface area (Å²) in [4.78, 5) is 14.5. The molecule has 4 nitrogen and oxygen atoms in total. The number of aliphatic hydroxyl groups excluding tert-OH is 1. The lowest BCUT2D eigenvalue weighted by Gasteiger charge is -2.06. The van der Waals surface area contributed by atoms with Crippen LogP contribution < -0.4 is 0 Å². The Morgan fingerprint density at radius 2 is 2.31 bits per heavy atom. The van der Waals surface area contributed by atoms with Crippen LogP contribution in [0.4, 0.5) is 0 Å². The number of pyridine rings is 1. The van der Waals surface area contributed by atoms with Gasteiger partial charge in [0.05, 0.1) is 17.9 Å². The molecule has 0 atom stereocenters. The van der Waals surface area contributed by atoms with E-state index < -0.39 is 11.8 Å². The SMILES string of the molecule is Cc1ncc(C(=O)Cl)c(CO)c1O. The lowest BCUT2D eigenvalue weighted by atomic mass is 10.1. The fourth-order valence-electron chi connectivity index (χ4n) is 0.976. The smallest absolute Gasteiger partial charge is 0.254 e. The van der Waals surface area contributed by atoms with Crippen molar-refractivity contribution in [1.82, 2.24) is 4.98 Å². The largest absolute Gasteiger partial charge is 0.506 e. The molecule has 13 heavy (non-hydrogen) atoms. The molecule has 1 aromatic heterocycles. The second kappa shape index (κ2) is 3.72. The van der Waals surface area contributed by atoms with Crippen molar-refractivity contribution in [2.45, 2.75) is 13.5 Å². The van der Waals surface area contributed by atoms with Crippen LogP contribution in [0.1, 0.15) is 21.6 Å². The zero-order chi connectivity index (χ0) is 10.0. The fourth-order valence-corrected chi connectivity index (χ4v) is 1.14. The zero-order valence-corrected chi connectivity index (χ0v) is 7.67. The van der Waals surface area contributed by atoms with Crippen LogP contribution in [0.2, 0.25) is 0 Å². The molecule has 1 aromatic rings. The maximum atomic E-state index is 10.8. The topological polar surface area (TPSA) is 70.4 Å². The quantitative estimate of drug-likeness (QED) is 0.700. The number of carbonyl (C=O) groups is 1. The summed E-state index contributed by atoms with van der Waals surface area (Å²) in [6.07, 6.45) is 1.23. The van der Waals surface area contributed by atoms with Gasteiger partial charge in [0.15, 0.2) is 0 Å². The standard InChI is InChI=1S/C8H8ClNO3/c1-4-7(12)6(3-11)5(2-10-4)8(9)13/h2,11-12H,3H2,1H3. The van der Waals surface area contributed by atoms with Crippen LogP contribution in [0.15, 0.2) is 6.20 Å². The minimum absolute atomic E-state index is 0.0345. The molecule has 0 aliphatic rings. The van der Waals surface area contributed by atoms with Crippen LogP contribution in [-0.4, -0.2) is 20.4 Å². The Morgan fingerprint density at radius 1 is 1.69 bits per heavy atom. The fraction of sp³-hybridized carbons (Fsp3) is 0.250. The average Bonchev–Trinajstić information content (AvgIpc) is 2.09. The predicted molar refractivity (Wildman–Crippen MR) is 46.7 cm³/mol. The van der Waals surface area contributed by atoms with Gasteiger partial charge in [0, 0.05) is 11.8 Å². The summed E-state index contributed by atoms with van der Waals surface area (Å²) < 4.78 is 0. The lowest BCUT2D eigenvalue weighted by Crippen LogP contribution is -2.01. The molecule has 70 valence electrons. The highest BCUT2D eigenvalue weighted by Crippen LogP contribution is 2.24. The van der Waals surface area contributed by atoms with Gasteiger partial charge >= 0.3 is 0 Å². The lowest BCUT2D eigenvalue weighted by molar-refractivity contribution is 0.107. The molecule has 1 heterocycles. The second-order valence-corrected chi connectivity index (χ2v) is 2.86. The highest BCUT2D eigenvalue weighted by molar-refractivity contribution is 6.67. The molecular weight excluding hydrogens is 194 g/mol. The Labute approximate surface area is 79.8 Å². The number of aromatic hydroxyl groups is 1. The van der Waals surface area contributed by atoms with Gasteiger partial charge in [-0.05, 0) is 18.5 Å². The van der Waals surface area contributed by atoms with E-state index in [1.807, 2.05) is 0 Å². The van der Waals surface area contributed by atoms with Crippen LogP contribution in [0.5, 0.6) is 5.75 Å². The van der Waals surface area contributed by atoms with Crippen LogP contribution in [0.25, 0.3) is 0 Å². The molecule has 0 saturated heterocycles. The highest BCUT2D eigenvalue weighted by Gasteiger charge is 2.14. The first-order valence-electron chi connectivity index (χ1n) is 3.56. The average molecular weight is 202 g/mol. The number of aryl methyl sites for hydroxylation is 1. The molecule has 0 radical (unpaired) electrons.